The highest BCUT2D eigenvalue weighted by Gasteiger charge is 2.23. The van der Waals surface area contributed by atoms with Crippen LogP contribution in [0.3, 0.4) is 0 Å². The van der Waals surface area contributed by atoms with E-state index in [1.807, 2.05) is 18.2 Å². The van der Waals surface area contributed by atoms with Crippen LogP contribution in [0.4, 0.5) is 0 Å². The van der Waals surface area contributed by atoms with E-state index in [-0.39, 0.29) is 11.1 Å². The fraction of sp³-hybridized carbons (Fsp3) is 0.176. The smallest absolute Gasteiger partial charge is 0.351 e. The molecule has 0 aliphatic heterocycles. The fourth-order valence-corrected chi connectivity index (χ4v) is 2.27. The second-order valence-corrected chi connectivity index (χ2v) is 5.08. The van der Waals surface area contributed by atoms with E-state index in [0.29, 0.717) is 16.9 Å². The summed E-state index contributed by atoms with van der Waals surface area (Å²) in [7, 11) is 1.31. The maximum atomic E-state index is 12.0. The van der Waals surface area contributed by atoms with E-state index in [1.165, 1.54) is 7.11 Å². The molecular weight excluding hydrogens is 348 g/mol. The van der Waals surface area contributed by atoms with Gasteiger partial charge in [-0.15, -0.1) is 0 Å². The van der Waals surface area contributed by atoms with E-state index < -0.39 is 12.1 Å². The highest BCUT2D eigenvalue weighted by atomic mass is 79.9. The molecule has 0 saturated heterocycles. The zero-order chi connectivity index (χ0) is 15.9. The lowest BCUT2D eigenvalue weighted by molar-refractivity contribution is -0.149. The van der Waals surface area contributed by atoms with Gasteiger partial charge in [-0.1, -0.05) is 58.4 Å². The summed E-state index contributed by atoms with van der Waals surface area (Å²) in [6, 6.07) is 15.8. The van der Waals surface area contributed by atoms with Gasteiger partial charge in [0.05, 0.1) is 12.4 Å². The third kappa shape index (κ3) is 3.95. The molecular formula is C17H15BrO4. The number of Topliss-reactive ketones (excluding diaryl/α,β-unsaturated/α-hetero) is 1. The van der Waals surface area contributed by atoms with Crippen LogP contribution in [0, 0.1) is 0 Å². The molecule has 1 atom stereocenters. The van der Waals surface area contributed by atoms with Crippen molar-refractivity contribution >= 4 is 27.7 Å². The molecule has 22 heavy (non-hydrogen) atoms. The monoisotopic (exact) mass is 362 g/mol. The van der Waals surface area contributed by atoms with Gasteiger partial charge in [0.2, 0.25) is 6.10 Å². The third-order valence-electron chi connectivity index (χ3n) is 3.05. The standard InChI is InChI=1S/C17H15BrO4/c1-21-17(20)16(12-6-3-2-4-7-12)22-14-9-5-8-13(10-14)15(19)11-18/h2-10,16H,11H2,1H3. The summed E-state index contributed by atoms with van der Waals surface area (Å²) in [6.45, 7) is 0. The molecule has 0 aromatic heterocycles. The molecule has 0 fully saturated rings. The number of halogens is 1. The molecule has 1 unspecified atom stereocenters. The zero-order valence-corrected chi connectivity index (χ0v) is 13.6. The molecule has 0 amide bonds. The Morgan fingerprint density at radius 3 is 2.45 bits per heavy atom. The van der Waals surface area contributed by atoms with Gasteiger partial charge in [-0.25, -0.2) is 4.79 Å². The molecule has 0 aliphatic carbocycles. The first-order valence-electron chi connectivity index (χ1n) is 6.64. The Hall–Kier alpha value is -2.14. The van der Waals surface area contributed by atoms with Crippen molar-refractivity contribution < 1.29 is 19.1 Å². The Balaban J connectivity index is 2.28. The number of esters is 1. The molecule has 0 aliphatic rings. The first kappa shape index (κ1) is 16.2. The minimum absolute atomic E-state index is 0.0558. The Morgan fingerprint density at radius 1 is 1.09 bits per heavy atom. The Bertz CT molecular complexity index is 655. The second kappa shape index (κ2) is 7.75. The molecule has 2 aromatic carbocycles. The van der Waals surface area contributed by atoms with E-state index in [4.69, 9.17) is 9.47 Å². The van der Waals surface area contributed by atoms with Crippen LogP contribution in [0.5, 0.6) is 5.75 Å². The molecule has 2 rings (SSSR count). The fourth-order valence-electron chi connectivity index (χ4n) is 1.94. The summed E-state index contributed by atoms with van der Waals surface area (Å²) >= 11 is 3.13. The maximum absolute atomic E-state index is 12.0. The summed E-state index contributed by atoms with van der Waals surface area (Å²) in [6.07, 6.45) is -0.875. The van der Waals surface area contributed by atoms with E-state index in [0.717, 1.165) is 0 Å². The van der Waals surface area contributed by atoms with Crippen molar-refractivity contribution in [3.8, 4) is 5.75 Å². The van der Waals surface area contributed by atoms with Gasteiger partial charge in [-0.2, -0.15) is 0 Å². The van der Waals surface area contributed by atoms with Gasteiger partial charge >= 0.3 is 5.97 Å². The SMILES string of the molecule is COC(=O)C(Oc1cccc(C(=O)CBr)c1)c1ccccc1. The number of methoxy groups -OCH3 is 1. The predicted octanol–water partition coefficient (Wildman–Crippen LogP) is 3.56. The highest BCUT2D eigenvalue weighted by Crippen LogP contribution is 2.24. The first-order valence-corrected chi connectivity index (χ1v) is 7.76. The molecule has 114 valence electrons. The molecule has 0 saturated carbocycles. The van der Waals surface area contributed by atoms with Gasteiger partial charge < -0.3 is 9.47 Å². The number of alkyl halides is 1. The lowest BCUT2D eigenvalue weighted by Gasteiger charge is -2.17. The first-order chi connectivity index (χ1) is 10.7. The minimum atomic E-state index is -0.875. The van der Waals surface area contributed by atoms with E-state index >= 15 is 0 Å². The number of carbonyl (C=O) groups excluding carboxylic acids is 2. The summed E-state index contributed by atoms with van der Waals surface area (Å²) in [5.41, 5.74) is 1.21. The quantitative estimate of drug-likeness (QED) is 0.447. The average molecular weight is 363 g/mol. The molecule has 5 heteroatoms. The van der Waals surface area contributed by atoms with Gasteiger partial charge in [-0.3, -0.25) is 4.79 Å². The van der Waals surface area contributed by atoms with Crippen LogP contribution >= 0.6 is 15.9 Å². The lowest BCUT2D eigenvalue weighted by atomic mass is 10.1. The average Bonchev–Trinajstić information content (AvgIpc) is 2.59. The molecule has 0 heterocycles. The Morgan fingerprint density at radius 2 is 1.82 bits per heavy atom. The van der Waals surface area contributed by atoms with Gasteiger partial charge in [0.1, 0.15) is 5.75 Å². The largest absolute Gasteiger partial charge is 0.474 e. The van der Waals surface area contributed by atoms with Gasteiger partial charge in [0, 0.05) is 11.1 Å². The van der Waals surface area contributed by atoms with Crippen LogP contribution in [-0.4, -0.2) is 24.2 Å². The second-order valence-electron chi connectivity index (χ2n) is 4.52. The third-order valence-corrected chi connectivity index (χ3v) is 3.56. The van der Waals surface area contributed by atoms with Crippen LogP contribution in [0.1, 0.15) is 22.0 Å². The van der Waals surface area contributed by atoms with Crippen molar-refractivity contribution in [2.24, 2.45) is 0 Å². The zero-order valence-electron chi connectivity index (χ0n) is 12.0. The lowest BCUT2D eigenvalue weighted by Crippen LogP contribution is -2.20. The summed E-state index contributed by atoms with van der Waals surface area (Å²) < 4.78 is 10.5. The van der Waals surface area contributed by atoms with Crippen LogP contribution in [0.2, 0.25) is 0 Å². The maximum Gasteiger partial charge on any atom is 0.351 e. The summed E-state index contributed by atoms with van der Waals surface area (Å²) in [5.74, 6) is -0.116. The molecule has 4 nitrogen and oxygen atoms in total. The van der Waals surface area contributed by atoms with E-state index in [9.17, 15) is 9.59 Å². The van der Waals surface area contributed by atoms with Gasteiger partial charge in [0.25, 0.3) is 0 Å². The number of hydrogen-bond acceptors (Lipinski definition) is 4. The number of rotatable bonds is 6. The van der Waals surface area contributed by atoms with Crippen molar-refractivity contribution in [3.63, 3.8) is 0 Å². The van der Waals surface area contributed by atoms with Crippen LogP contribution in [0.25, 0.3) is 0 Å². The molecule has 2 aromatic rings. The number of ether oxygens (including phenoxy) is 2. The number of hydrogen-bond donors (Lipinski definition) is 0. The highest BCUT2D eigenvalue weighted by molar-refractivity contribution is 9.09. The minimum Gasteiger partial charge on any atom is -0.474 e. The van der Waals surface area contributed by atoms with Gasteiger partial charge in [0.15, 0.2) is 5.78 Å². The Labute approximate surface area is 137 Å². The Kier molecular flexibility index (Phi) is 5.72. The van der Waals surface area contributed by atoms with Crippen molar-refractivity contribution in [2.45, 2.75) is 6.10 Å². The van der Waals surface area contributed by atoms with Crippen molar-refractivity contribution in [2.75, 3.05) is 12.4 Å². The van der Waals surface area contributed by atoms with Crippen LogP contribution in [0.15, 0.2) is 54.6 Å². The predicted molar refractivity (Wildman–Crippen MR) is 86.4 cm³/mol. The molecule has 0 radical (unpaired) electrons. The van der Waals surface area contributed by atoms with Crippen molar-refractivity contribution in [1.29, 1.82) is 0 Å². The van der Waals surface area contributed by atoms with Crippen molar-refractivity contribution in [3.05, 3.63) is 65.7 Å². The van der Waals surface area contributed by atoms with Crippen LogP contribution in [-0.2, 0) is 9.53 Å². The summed E-state index contributed by atoms with van der Waals surface area (Å²) in [5, 5.41) is 0.232. The van der Waals surface area contributed by atoms with E-state index in [1.54, 1.807) is 36.4 Å². The topological polar surface area (TPSA) is 52.6 Å². The number of carbonyl (C=O) groups is 2. The molecule has 0 spiro atoms. The summed E-state index contributed by atoms with van der Waals surface area (Å²) in [4.78, 5) is 23.7. The van der Waals surface area contributed by atoms with Gasteiger partial charge in [-0.05, 0) is 12.1 Å². The molecule has 0 bridgehead atoms. The van der Waals surface area contributed by atoms with Crippen LogP contribution < -0.4 is 4.74 Å². The number of ketones is 1. The van der Waals surface area contributed by atoms with Crippen molar-refractivity contribution in [1.82, 2.24) is 0 Å². The normalized spacial score (nSPS) is 11.5. The molecule has 0 N–H and O–H groups in total. The number of benzene rings is 2. The van der Waals surface area contributed by atoms with E-state index in [2.05, 4.69) is 15.9 Å².